The van der Waals surface area contributed by atoms with Crippen LogP contribution in [0.25, 0.3) is 0 Å². The van der Waals surface area contributed by atoms with Gasteiger partial charge in [0.15, 0.2) is 0 Å². The molecular formula is C14H28N2O4. The number of carbonyl (C=O) groups excluding carboxylic acids is 1. The molecule has 0 bridgehead atoms. The zero-order valence-corrected chi connectivity index (χ0v) is 13.0. The summed E-state index contributed by atoms with van der Waals surface area (Å²) >= 11 is 0. The summed E-state index contributed by atoms with van der Waals surface area (Å²) in [6, 6.07) is 0.0249. The highest BCUT2D eigenvalue weighted by Gasteiger charge is 2.32. The molecule has 0 aromatic rings. The molecule has 6 heteroatoms. The van der Waals surface area contributed by atoms with Gasteiger partial charge in [0.05, 0.1) is 19.3 Å². The average Bonchev–Trinajstić information content (AvgIpc) is 2.80. The molecule has 20 heavy (non-hydrogen) atoms. The second-order valence-electron chi connectivity index (χ2n) is 6.21. The number of likely N-dealkylation sites (tertiary alicyclic amines) is 1. The van der Waals surface area contributed by atoms with Crippen molar-refractivity contribution in [3.63, 3.8) is 0 Å². The minimum absolute atomic E-state index is 0.0208. The third kappa shape index (κ3) is 5.64. The topological polar surface area (TPSA) is 71.0 Å². The number of ether oxygens (including phenoxy) is 2. The van der Waals surface area contributed by atoms with Crippen molar-refractivity contribution in [2.45, 2.75) is 51.3 Å². The van der Waals surface area contributed by atoms with Crippen LogP contribution >= 0.6 is 0 Å². The van der Waals surface area contributed by atoms with E-state index in [4.69, 9.17) is 9.47 Å². The van der Waals surface area contributed by atoms with Crippen molar-refractivity contribution in [3.8, 4) is 0 Å². The average molecular weight is 288 g/mol. The Kier molecular flexibility index (Phi) is 6.71. The van der Waals surface area contributed by atoms with E-state index >= 15 is 0 Å². The predicted octanol–water partition coefficient (Wildman–Crippen LogP) is 0.983. The molecular weight excluding hydrogens is 260 g/mol. The monoisotopic (exact) mass is 288 g/mol. The first-order valence-electron chi connectivity index (χ1n) is 7.20. The van der Waals surface area contributed by atoms with Crippen molar-refractivity contribution in [2.24, 2.45) is 0 Å². The fourth-order valence-corrected chi connectivity index (χ4v) is 2.29. The Morgan fingerprint density at radius 1 is 1.50 bits per heavy atom. The van der Waals surface area contributed by atoms with Gasteiger partial charge >= 0.3 is 6.09 Å². The van der Waals surface area contributed by atoms with Crippen LogP contribution in [0.5, 0.6) is 0 Å². The van der Waals surface area contributed by atoms with E-state index < -0.39 is 5.60 Å². The molecule has 1 aliphatic heterocycles. The first-order valence-corrected chi connectivity index (χ1v) is 7.20. The number of hydrogen-bond acceptors (Lipinski definition) is 5. The molecule has 1 saturated heterocycles. The number of methoxy groups -OCH3 is 1. The molecule has 2 N–H and O–H groups in total. The lowest BCUT2D eigenvalue weighted by Crippen LogP contribution is -2.47. The van der Waals surface area contributed by atoms with Gasteiger partial charge in [-0.15, -0.1) is 0 Å². The largest absolute Gasteiger partial charge is 0.444 e. The standard InChI is InChI=1S/C14H28N2O4/c1-14(2,3)20-13(18)16-7-5-6-12(16)8-15-11(9-17)10-19-4/h11-12,15,17H,5-10H2,1-4H3. The number of nitrogens with one attached hydrogen (secondary N) is 1. The second kappa shape index (κ2) is 7.81. The third-order valence-electron chi connectivity index (χ3n) is 3.24. The van der Waals surface area contributed by atoms with Crippen molar-refractivity contribution in [1.29, 1.82) is 0 Å². The Morgan fingerprint density at radius 2 is 2.20 bits per heavy atom. The smallest absolute Gasteiger partial charge is 0.410 e. The Hall–Kier alpha value is -0.850. The summed E-state index contributed by atoms with van der Waals surface area (Å²) in [7, 11) is 1.60. The fourth-order valence-electron chi connectivity index (χ4n) is 2.29. The summed E-state index contributed by atoms with van der Waals surface area (Å²) in [6.45, 7) is 7.46. The van der Waals surface area contributed by atoms with Gasteiger partial charge in [0, 0.05) is 26.2 Å². The molecule has 1 amide bonds. The number of nitrogens with zero attached hydrogens (tertiary/aromatic N) is 1. The van der Waals surface area contributed by atoms with Crippen molar-refractivity contribution in [1.82, 2.24) is 10.2 Å². The minimum atomic E-state index is -0.471. The highest BCUT2D eigenvalue weighted by molar-refractivity contribution is 5.69. The number of amides is 1. The van der Waals surface area contributed by atoms with Gasteiger partial charge in [-0.1, -0.05) is 0 Å². The van der Waals surface area contributed by atoms with Crippen LogP contribution in [0.3, 0.4) is 0 Å². The molecule has 0 aromatic carbocycles. The van der Waals surface area contributed by atoms with Crippen molar-refractivity contribution in [3.05, 3.63) is 0 Å². The second-order valence-corrected chi connectivity index (χ2v) is 6.21. The number of hydrogen-bond donors (Lipinski definition) is 2. The van der Waals surface area contributed by atoms with Gasteiger partial charge in [-0.25, -0.2) is 4.79 Å². The van der Waals surface area contributed by atoms with E-state index in [-0.39, 0.29) is 24.8 Å². The van der Waals surface area contributed by atoms with Crippen molar-refractivity contribution in [2.75, 3.05) is 33.4 Å². The maximum atomic E-state index is 12.1. The molecule has 1 fully saturated rings. The number of aliphatic hydroxyl groups is 1. The number of aliphatic hydroxyl groups excluding tert-OH is 1. The van der Waals surface area contributed by atoms with Gasteiger partial charge in [-0.3, -0.25) is 0 Å². The van der Waals surface area contributed by atoms with Gasteiger partial charge in [-0.2, -0.15) is 0 Å². The highest BCUT2D eigenvalue weighted by atomic mass is 16.6. The molecule has 118 valence electrons. The lowest BCUT2D eigenvalue weighted by Gasteiger charge is -2.29. The molecule has 0 aliphatic carbocycles. The van der Waals surface area contributed by atoms with Gasteiger partial charge < -0.3 is 24.8 Å². The van der Waals surface area contributed by atoms with Crippen LogP contribution in [-0.4, -0.2) is 67.2 Å². The van der Waals surface area contributed by atoms with Crippen molar-refractivity contribution >= 4 is 6.09 Å². The van der Waals surface area contributed by atoms with Crippen LogP contribution in [-0.2, 0) is 9.47 Å². The summed E-state index contributed by atoms with van der Waals surface area (Å²) in [5, 5.41) is 12.4. The summed E-state index contributed by atoms with van der Waals surface area (Å²) in [5.74, 6) is 0. The maximum absolute atomic E-state index is 12.1. The van der Waals surface area contributed by atoms with E-state index in [0.29, 0.717) is 13.2 Å². The van der Waals surface area contributed by atoms with Crippen LogP contribution in [0.1, 0.15) is 33.6 Å². The van der Waals surface area contributed by atoms with E-state index in [0.717, 1.165) is 19.4 Å². The Bertz CT molecular complexity index is 304. The summed E-state index contributed by atoms with van der Waals surface area (Å²) < 4.78 is 10.4. The van der Waals surface area contributed by atoms with Crippen molar-refractivity contribution < 1.29 is 19.4 Å². The molecule has 0 radical (unpaired) electrons. The first-order chi connectivity index (χ1) is 9.37. The van der Waals surface area contributed by atoms with Crippen LogP contribution in [0.2, 0.25) is 0 Å². The normalized spacial score (nSPS) is 21.1. The van der Waals surface area contributed by atoms with Crippen LogP contribution in [0.15, 0.2) is 0 Å². The number of carbonyl (C=O) groups is 1. The van der Waals surface area contributed by atoms with E-state index in [2.05, 4.69) is 5.32 Å². The molecule has 0 saturated carbocycles. The molecule has 1 heterocycles. The molecule has 1 aliphatic rings. The summed E-state index contributed by atoms with van der Waals surface area (Å²) in [6.07, 6.45) is 1.69. The Balaban J connectivity index is 2.46. The molecule has 0 spiro atoms. The first kappa shape index (κ1) is 17.2. The predicted molar refractivity (Wildman–Crippen MR) is 76.7 cm³/mol. The van der Waals surface area contributed by atoms with E-state index in [9.17, 15) is 9.90 Å². The van der Waals surface area contributed by atoms with E-state index in [1.807, 2.05) is 20.8 Å². The Labute approximate surface area is 121 Å². The number of rotatable bonds is 6. The molecule has 2 unspecified atom stereocenters. The quantitative estimate of drug-likeness (QED) is 0.762. The van der Waals surface area contributed by atoms with E-state index in [1.54, 1.807) is 12.0 Å². The Morgan fingerprint density at radius 3 is 2.75 bits per heavy atom. The molecule has 0 aromatic heterocycles. The maximum Gasteiger partial charge on any atom is 0.410 e. The molecule has 2 atom stereocenters. The molecule has 6 nitrogen and oxygen atoms in total. The van der Waals surface area contributed by atoms with Crippen LogP contribution in [0, 0.1) is 0 Å². The molecule has 1 rings (SSSR count). The third-order valence-corrected chi connectivity index (χ3v) is 3.24. The lowest BCUT2D eigenvalue weighted by molar-refractivity contribution is 0.0220. The SMILES string of the molecule is COCC(CO)NCC1CCCN1C(=O)OC(C)(C)C. The zero-order valence-electron chi connectivity index (χ0n) is 13.0. The lowest BCUT2D eigenvalue weighted by atomic mass is 10.2. The van der Waals surface area contributed by atoms with E-state index in [1.165, 1.54) is 0 Å². The highest BCUT2D eigenvalue weighted by Crippen LogP contribution is 2.20. The fraction of sp³-hybridized carbons (Fsp3) is 0.929. The van der Waals surface area contributed by atoms with Gasteiger partial charge in [0.1, 0.15) is 5.60 Å². The van der Waals surface area contributed by atoms with Gasteiger partial charge in [0.2, 0.25) is 0 Å². The van der Waals surface area contributed by atoms with Crippen LogP contribution < -0.4 is 5.32 Å². The summed E-state index contributed by atoms with van der Waals surface area (Å²) in [5.41, 5.74) is -0.471. The van der Waals surface area contributed by atoms with Crippen LogP contribution in [0.4, 0.5) is 4.79 Å². The van der Waals surface area contributed by atoms with Gasteiger partial charge in [-0.05, 0) is 33.6 Å². The van der Waals surface area contributed by atoms with Gasteiger partial charge in [0.25, 0.3) is 0 Å². The zero-order chi connectivity index (χ0) is 15.2. The minimum Gasteiger partial charge on any atom is -0.444 e. The summed E-state index contributed by atoms with van der Waals surface area (Å²) in [4.78, 5) is 13.9.